The number of carbonyl (C=O) groups excluding carboxylic acids is 2. The second-order valence-corrected chi connectivity index (χ2v) is 7.20. The molecule has 2 amide bonds. The van der Waals surface area contributed by atoms with Gasteiger partial charge in [0.25, 0.3) is 5.91 Å². The highest BCUT2D eigenvalue weighted by atomic mass is 19.1. The monoisotopic (exact) mass is 348 g/mol. The highest BCUT2D eigenvalue weighted by Crippen LogP contribution is 2.31. The zero-order valence-corrected chi connectivity index (χ0v) is 14.5. The molecule has 3 rings (SSSR count). The summed E-state index contributed by atoms with van der Waals surface area (Å²) in [5.41, 5.74) is 6.59. The van der Waals surface area contributed by atoms with E-state index in [0.29, 0.717) is 37.6 Å². The largest absolute Gasteiger partial charge is 0.377 e. The number of nitrogens with zero attached hydrogens (tertiary/aromatic N) is 1. The molecule has 2 aliphatic heterocycles. The van der Waals surface area contributed by atoms with Crippen molar-refractivity contribution in [3.05, 3.63) is 35.1 Å². The lowest BCUT2D eigenvalue weighted by molar-refractivity contribution is -0.123. The first kappa shape index (κ1) is 17.9. The molecule has 2 N–H and O–H groups in total. The molecule has 2 saturated heterocycles. The van der Waals surface area contributed by atoms with Gasteiger partial charge in [-0.05, 0) is 62.3 Å². The quantitative estimate of drug-likeness (QED) is 0.907. The lowest BCUT2D eigenvalue weighted by atomic mass is 9.86. The zero-order chi connectivity index (χ0) is 18.0. The van der Waals surface area contributed by atoms with Gasteiger partial charge < -0.3 is 15.4 Å². The van der Waals surface area contributed by atoms with Crippen LogP contribution in [0.1, 0.15) is 41.6 Å². The first-order valence-electron chi connectivity index (χ1n) is 8.91. The zero-order valence-electron chi connectivity index (χ0n) is 14.5. The van der Waals surface area contributed by atoms with Crippen LogP contribution in [0.15, 0.2) is 18.2 Å². The Kier molecular flexibility index (Phi) is 5.37. The fraction of sp³-hybridized carbons (Fsp3) is 0.579. The first-order chi connectivity index (χ1) is 11.9. The van der Waals surface area contributed by atoms with Crippen LogP contribution in [0.3, 0.4) is 0 Å². The van der Waals surface area contributed by atoms with E-state index in [1.54, 1.807) is 17.9 Å². The minimum Gasteiger partial charge on any atom is -0.377 e. The minimum absolute atomic E-state index is 0.0874. The molecule has 0 bridgehead atoms. The van der Waals surface area contributed by atoms with Crippen molar-refractivity contribution in [2.45, 2.75) is 38.7 Å². The van der Waals surface area contributed by atoms with Crippen molar-refractivity contribution < 1.29 is 18.7 Å². The number of halogens is 1. The molecule has 1 aromatic rings. The third-order valence-corrected chi connectivity index (χ3v) is 5.33. The molecule has 0 spiro atoms. The number of rotatable bonds is 4. The SMILES string of the molecule is Cc1cc(F)cc(C(=O)N2CCC(C[C@H]3OCC[C@H]3C(N)=O)CC2)c1. The molecule has 136 valence electrons. The summed E-state index contributed by atoms with van der Waals surface area (Å²) in [6.07, 6.45) is 3.16. The Hall–Kier alpha value is -1.95. The second kappa shape index (κ2) is 7.52. The molecule has 6 heteroatoms. The topological polar surface area (TPSA) is 72.6 Å². The molecule has 2 aliphatic rings. The predicted octanol–water partition coefficient (Wildman–Crippen LogP) is 2.27. The van der Waals surface area contributed by atoms with E-state index in [0.717, 1.165) is 24.8 Å². The molecule has 1 aromatic carbocycles. The summed E-state index contributed by atoms with van der Waals surface area (Å²) in [6, 6.07) is 4.44. The highest BCUT2D eigenvalue weighted by molar-refractivity contribution is 5.94. The van der Waals surface area contributed by atoms with E-state index in [-0.39, 0.29) is 29.7 Å². The maximum Gasteiger partial charge on any atom is 0.253 e. The third-order valence-electron chi connectivity index (χ3n) is 5.33. The van der Waals surface area contributed by atoms with Crippen LogP contribution in [-0.2, 0) is 9.53 Å². The summed E-state index contributed by atoms with van der Waals surface area (Å²) < 4.78 is 19.2. The van der Waals surface area contributed by atoms with Crippen molar-refractivity contribution in [1.29, 1.82) is 0 Å². The average Bonchev–Trinajstić information content (AvgIpc) is 3.02. The van der Waals surface area contributed by atoms with Gasteiger partial charge in [0.05, 0.1) is 12.0 Å². The van der Waals surface area contributed by atoms with Crippen LogP contribution in [0, 0.1) is 24.6 Å². The molecular weight excluding hydrogens is 323 g/mol. The Morgan fingerprint density at radius 1 is 1.24 bits per heavy atom. The fourth-order valence-corrected chi connectivity index (χ4v) is 3.95. The summed E-state index contributed by atoms with van der Waals surface area (Å²) in [5.74, 6) is -0.544. The minimum atomic E-state index is -0.380. The van der Waals surface area contributed by atoms with Gasteiger partial charge in [-0.1, -0.05) is 0 Å². The standard InChI is InChI=1S/C19H25FN2O3/c1-12-8-14(11-15(20)9-12)19(24)22-5-2-13(3-6-22)10-17-16(18(21)23)4-7-25-17/h8-9,11,13,16-17H,2-7,10H2,1H3,(H2,21,23)/t16-,17-/m1/s1. The van der Waals surface area contributed by atoms with Crippen LogP contribution in [-0.4, -0.2) is 42.5 Å². The number of hydrogen-bond acceptors (Lipinski definition) is 3. The van der Waals surface area contributed by atoms with Crippen molar-refractivity contribution in [2.24, 2.45) is 17.6 Å². The van der Waals surface area contributed by atoms with Crippen LogP contribution < -0.4 is 5.73 Å². The van der Waals surface area contributed by atoms with Gasteiger partial charge in [-0.15, -0.1) is 0 Å². The van der Waals surface area contributed by atoms with E-state index in [4.69, 9.17) is 10.5 Å². The lowest BCUT2D eigenvalue weighted by Gasteiger charge is -2.33. The first-order valence-corrected chi connectivity index (χ1v) is 8.91. The molecule has 0 radical (unpaired) electrons. The average molecular weight is 348 g/mol. The predicted molar refractivity (Wildman–Crippen MR) is 91.4 cm³/mol. The number of benzene rings is 1. The van der Waals surface area contributed by atoms with Gasteiger partial charge in [0.1, 0.15) is 5.82 Å². The van der Waals surface area contributed by atoms with E-state index in [9.17, 15) is 14.0 Å². The molecule has 0 aromatic heterocycles. The van der Waals surface area contributed by atoms with Gasteiger partial charge in [0.15, 0.2) is 0 Å². The van der Waals surface area contributed by atoms with Crippen molar-refractivity contribution in [2.75, 3.05) is 19.7 Å². The van der Waals surface area contributed by atoms with Crippen molar-refractivity contribution >= 4 is 11.8 Å². The van der Waals surface area contributed by atoms with E-state index in [1.165, 1.54) is 12.1 Å². The fourth-order valence-electron chi connectivity index (χ4n) is 3.95. The van der Waals surface area contributed by atoms with Gasteiger partial charge in [0, 0.05) is 25.3 Å². The summed E-state index contributed by atoms with van der Waals surface area (Å²) in [5, 5.41) is 0. The molecule has 5 nitrogen and oxygen atoms in total. The lowest BCUT2D eigenvalue weighted by Crippen LogP contribution is -2.40. The van der Waals surface area contributed by atoms with E-state index < -0.39 is 0 Å². The third kappa shape index (κ3) is 4.18. The number of aryl methyl sites for hydroxylation is 1. The van der Waals surface area contributed by atoms with Crippen LogP contribution in [0.25, 0.3) is 0 Å². The van der Waals surface area contributed by atoms with E-state index in [1.807, 2.05) is 0 Å². The Labute approximate surface area is 147 Å². The van der Waals surface area contributed by atoms with Crippen LogP contribution in [0.4, 0.5) is 4.39 Å². The van der Waals surface area contributed by atoms with E-state index >= 15 is 0 Å². The summed E-state index contributed by atoms with van der Waals surface area (Å²) in [6.45, 7) is 3.66. The number of amides is 2. The summed E-state index contributed by atoms with van der Waals surface area (Å²) >= 11 is 0. The van der Waals surface area contributed by atoms with Crippen molar-refractivity contribution in [3.8, 4) is 0 Å². The summed E-state index contributed by atoms with van der Waals surface area (Å²) in [7, 11) is 0. The smallest absolute Gasteiger partial charge is 0.253 e. The maximum absolute atomic E-state index is 13.5. The molecule has 0 saturated carbocycles. The van der Waals surface area contributed by atoms with Crippen LogP contribution >= 0.6 is 0 Å². The Balaban J connectivity index is 1.55. The van der Waals surface area contributed by atoms with Gasteiger partial charge in [0.2, 0.25) is 5.91 Å². The number of hydrogen-bond donors (Lipinski definition) is 1. The summed E-state index contributed by atoms with van der Waals surface area (Å²) in [4.78, 5) is 25.8. The van der Waals surface area contributed by atoms with Gasteiger partial charge >= 0.3 is 0 Å². The molecule has 2 atom stereocenters. The van der Waals surface area contributed by atoms with Crippen LogP contribution in [0.2, 0.25) is 0 Å². The van der Waals surface area contributed by atoms with E-state index in [2.05, 4.69) is 0 Å². The molecule has 25 heavy (non-hydrogen) atoms. The molecule has 0 aliphatic carbocycles. The normalized spacial score (nSPS) is 24.5. The second-order valence-electron chi connectivity index (χ2n) is 7.20. The molecular formula is C19H25FN2O3. The maximum atomic E-state index is 13.5. The van der Waals surface area contributed by atoms with Gasteiger partial charge in [-0.3, -0.25) is 9.59 Å². The number of piperidine rings is 1. The highest BCUT2D eigenvalue weighted by Gasteiger charge is 2.35. The van der Waals surface area contributed by atoms with Crippen LogP contribution in [0.5, 0.6) is 0 Å². The Morgan fingerprint density at radius 2 is 1.96 bits per heavy atom. The van der Waals surface area contributed by atoms with Gasteiger partial charge in [-0.25, -0.2) is 4.39 Å². The number of ether oxygens (including phenoxy) is 1. The number of nitrogens with two attached hydrogens (primary N) is 1. The van der Waals surface area contributed by atoms with Crippen molar-refractivity contribution in [1.82, 2.24) is 4.90 Å². The molecule has 0 unspecified atom stereocenters. The number of primary amides is 1. The molecule has 2 fully saturated rings. The Bertz CT molecular complexity index is 636. The van der Waals surface area contributed by atoms with Gasteiger partial charge in [-0.2, -0.15) is 0 Å². The number of likely N-dealkylation sites (tertiary alicyclic amines) is 1. The number of carbonyl (C=O) groups is 2. The Morgan fingerprint density at radius 3 is 2.60 bits per heavy atom. The van der Waals surface area contributed by atoms with Crippen molar-refractivity contribution in [3.63, 3.8) is 0 Å². The molecule has 2 heterocycles.